The molecule has 0 saturated carbocycles. The predicted molar refractivity (Wildman–Crippen MR) is 56.5 cm³/mol. The van der Waals surface area contributed by atoms with Gasteiger partial charge < -0.3 is 15.0 Å². The first-order chi connectivity index (χ1) is 7.15. The number of nitrogens with zero attached hydrogens (tertiary/aromatic N) is 1. The van der Waals surface area contributed by atoms with Gasteiger partial charge >= 0.3 is 6.03 Å². The van der Waals surface area contributed by atoms with Crippen molar-refractivity contribution in [3.8, 4) is 0 Å². The number of hydrogen-bond acceptors (Lipinski definition) is 3. The number of carbonyl (C=O) groups is 1. The molecule has 2 heterocycles. The van der Waals surface area contributed by atoms with Crippen LogP contribution in [0.3, 0.4) is 0 Å². The second-order valence-electron chi connectivity index (χ2n) is 4.37. The lowest BCUT2D eigenvalue weighted by molar-refractivity contribution is -0.0616. The lowest BCUT2D eigenvalue weighted by Gasteiger charge is -2.38. The number of hydrogen-bond donors (Lipinski definition) is 2. The first-order valence-electron chi connectivity index (χ1n) is 5.53. The molecule has 2 aliphatic heterocycles. The summed E-state index contributed by atoms with van der Waals surface area (Å²) in [5, 5.41) is 5.95. The van der Waals surface area contributed by atoms with Crippen molar-refractivity contribution < 1.29 is 9.53 Å². The molecule has 0 aromatic rings. The highest BCUT2D eigenvalue weighted by atomic mass is 16.5. The van der Waals surface area contributed by atoms with Gasteiger partial charge in [-0.1, -0.05) is 0 Å². The van der Waals surface area contributed by atoms with Gasteiger partial charge in [-0.05, 0) is 19.8 Å². The number of carbonyl (C=O) groups excluding carboxylic acids is 1. The summed E-state index contributed by atoms with van der Waals surface area (Å²) in [6.07, 6.45) is 2.01. The summed E-state index contributed by atoms with van der Waals surface area (Å²) in [7, 11) is 1.67. The Balaban J connectivity index is 1.89. The van der Waals surface area contributed by atoms with E-state index in [9.17, 15) is 4.79 Å². The van der Waals surface area contributed by atoms with Gasteiger partial charge in [0, 0.05) is 26.7 Å². The molecule has 0 bridgehead atoms. The Morgan fingerprint density at radius 1 is 1.53 bits per heavy atom. The minimum absolute atomic E-state index is 0.0175. The van der Waals surface area contributed by atoms with Crippen molar-refractivity contribution in [3.63, 3.8) is 0 Å². The Kier molecular flexibility index (Phi) is 2.84. The molecular weight excluding hydrogens is 194 g/mol. The SMILES string of the molecule is CNC(=O)N1CCC2(CC1)CNC(C)O2. The summed E-state index contributed by atoms with van der Waals surface area (Å²) >= 11 is 0. The van der Waals surface area contributed by atoms with Crippen LogP contribution in [0.4, 0.5) is 4.79 Å². The van der Waals surface area contributed by atoms with E-state index in [1.54, 1.807) is 7.05 Å². The van der Waals surface area contributed by atoms with E-state index >= 15 is 0 Å². The Morgan fingerprint density at radius 2 is 2.20 bits per heavy atom. The molecule has 86 valence electrons. The average molecular weight is 213 g/mol. The molecule has 0 aromatic heterocycles. The summed E-state index contributed by atoms with van der Waals surface area (Å²) < 4.78 is 5.88. The normalized spacial score (nSPS) is 29.5. The van der Waals surface area contributed by atoms with Gasteiger partial charge in [0.15, 0.2) is 0 Å². The van der Waals surface area contributed by atoms with Crippen LogP contribution < -0.4 is 10.6 Å². The third-order valence-electron chi connectivity index (χ3n) is 3.31. The quantitative estimate of drug-likeness (QED) is 0.601. The molecule has 2 fully saturated rings. The van der Waals surface area contributed by atoms with Crippen LogP contribution in [0.2, 0.25) is 0 Å². The monoisotopic (exact) mass is 213 g/mol. The van der Waals surface area contributed by atoms with Gasteiger partial charge in [0.25, 0.3) is 0 Å². The molecule has 2 N–H and O–H groups in total. The smallest absolute Gasteiger partial charge is 0.317 e. The van der Waals surface area contributed by atoms with Crippen molar-refractivity contribution in [1.29, 1.82) is 0 Å². The molecule has 1 spiro atoms. The van der Waals surface area contributed by atoms with E-state index in [-0.39, 0.29) is 17.9 Å². The molecular formula is C10H19N3O2. The standard InChI is InChI=1S/C10H19N3O2/c1-8-12-7-10(15-8)3-5-13(6-4-10)9(14)11-2/h8,12H,3-7H2,1-2H3,(H,11,14). The summed E-state index contributed by atoms with van der Waals surface area (Å²) in [4.78, 5) is 13.2. The number of rotatable bonds is 0. The summed E-state index contributed by atoms with van der Waals surface area (Å²) in [5.74, 6) is 0. The molecule has 0 radical (unpaired) electrons. The largest absolute Gasteiger partial charge is 0.356 e. The Hall–Kier alpha value is -0.810. The fourth-order valence-corrected chi connectivity index (χ4v) is 2.36. The maximum absolute atomic E-state index is 11.4. The van der Waals surface area contributed by atoms with Gasteiger partial charge in [-0.15, -0.1) is 0 Å². The van der Waals surface area contributed by atoms with Gasteiger partial charge in [0.1, 0.15) is 6.23 Å². The van der Waals surface area contributed by atoms with Crippen molar-refractivity contribution in [2.45, 2.75) is 31.6 Å². The van der Waals surface area contributed by atoms with E-state index in [0.29, 0.717) is 0 Å². The lowest BCUT2D eigenvalue weighted by Crippen LogP contribution is -2.50. The highest BCUT2D eigenvalue weighted by Gasteiger charge is 2.41. The van der Waals surface area contributed by atoms with Crippen LogP contribution >= 0.6 is 0 Å². The number of likely N-dealkylation sites (tertiary alicyclic amines) is 1. The fraction of sp³-hybridized carbons (Fsp3) is 0.900. The Labute approximate surface area is 90.1 Å². The molecule has 0 aromatic carbocycles. The average Bonchev–Trinajstić information content (AvgIpc) is 2.60. The number of amides is 2. The zero-order valence-electron chi connectivity index (χ0n) is 9.38. The van der Waals surface area contributed by atoms with Gasteiger partial charge in [-0.2, -0.15) is 0 Å². The van der Waals surface area contributed by atoms with Crippen molar-refractivity contribution in [2.75, 3.05) is 26.7 Å². The molecule has 0 aliphatic carbocycles. The number of ether oxygens (including phenoxy) is 1. The number of piperidine rings is 1. The lowest BCUT2D eigenvalue weighted by atomic mass is 9.92. The topological polar surface area (TPSA) is 53.6 Å². The van der Waals surface area contributed by atoms with Gasteiger partial charge in [-0.3, -0.25) is 5.32 Å². The molecule has 5 nitrogen and oxygen atoms in total. The molecule has 2 aliphatic rings. The van der Waals surface area contributed by atoms with Crippen LogP contribution in [0.1, 0.15) is 19.8 Å². The van der Waals surface area contributed by atoms with Crippen molar-refractivity contribution in [2.24, 2.45) is 0 Å². The second-order valence-corrected chi connectivity index (χ2v) is 4.37. The van der Waals surface area contributed by atoms with Gasteiger partial charge in [-0.25, -0.2) is 4.79 Å². The number of nitrogens with one attached hydrogen (secondary N) is 2. The molecule has 1 unspecified atom stereocenters. The molecule has 1 atom stereocenters. The molecule has 15 heavy (non-hydrogen) atoms. The Morgan fingerprint density at radius 3 is 2.67 bits per heavy atom. The highest BCUT2D eigenvalue weighted by Crippen LogP contribution is 2.30. The fourth-order valence-electron chi connectivity index (χ4n) is 2.36. The zero-order chi connectivity index (χ0) is 10.9. The van der Waals surface area contributed by atoms with Crippen LogP contribution in [0.5, 0.6) is 0 Å². The zero-order valence-corrected chi connectivity index (χ0v) is 9.38. The maximum atomic E-state index is 11.4. The van der Waals surface area contributed by atoms with E-state index in [4.69, 9.17) is 4.74 Å². The minimum Gasteiger partial charge on any atom is -0.356 e. The third kappa shape index (κ3) is 2.08. The van der Waals surface area contributed by atoms with Crippen LogP contribution in [0.15, 0.2) is 0 Å². The van der Waals surface area contributed by atoms with E-state index in [1.807, 2.05) is 11.8 Å². The van der Waals surface area contributed by atoms with E-state index in [1.165, 1.54) is 0 Å². The van der Waals surface area contributed by atoms with Crippen molar-refractivity contribution in [3.05, 3.63) is 0 Å². The summed E-state index contributed by atoms with van der Waals surface area (Å²) in [6.45, 7) is 4.51. The van der Waals surface area contributed by atoms with Gasteiger partial charge in [0.2, 0.25) is 0 Å². The minimum atomic E-state index is -0.0239. The second kappa shape index (κ2) is 3.98. The molecule has 5 heteroatoms. The van der Waals surface area contributed by atoms with Gasteiger partial charge in [0.05, 0.1) is 5.60 Å². The molecule has 2 rings (SSSR count). The first-order valence-corrected chi connectivity index (χ1v) is 5.53. The summed E-state index contributed by atoms with van der Waals surface area (Å²) in [6, 6.07) is 0.0175. The maximum Gasteiger partial charge on any atom is 0.317 e. The van der Waals surface area contributed by atoms with Crippen molar-refractivity contribution in [1.82, 2.24) is 15.5 Å². The van der Waals surface area contributed by atoms with Crippen LogP contribution in [0, 0.1) is 0 Å². The van der Waals surface area contributed by atoms with Crippen LogP contribution in [0.25, 0.3) is 0 Å². The summed E-state index contributed by atoms with van der Waals surface area (Å²) in [5.41, 5.74) is -0.0239. The predicted octanol–water partition coefficient (Wildman–Crippen LogP) is 0.126. The molecule has 2 amide bonds. The highest BCUT2D eigenvalue weighted by molar-refractivity contribution is 5.73. The number of urea groups is 1. The third-order valence-corrected chi connectivity index (χ3v) is 3.31. The van der Waals surface area contributed by atoms with E-state index < -0.39 is 0 Å². The Bertz CT molecular complexity index is 249. The van der Waals surface area contributed by atoms with E-state index in [0.717, 1.165) is 32.5 Å². The first kappa shape index (κ1) is 10.7. The van der Waals surface area contributed by atoms with E-state index in [2.05, 4.69) is 10.6 Å². The molecule has 2 saturated heterocycles. The van der Waals surface area contributed by atoms with Crippen LogP contribution in [-0.2, 0) is 4.74 Å². The van der Waals surface area contributed by atoms with Crippen molar-refractivity contribution >= 4 is 6.03 Å². The van der Waals surface area contributed by atoms with Crippen LogP contribution in [-0.4, -0.2) is 49.4 Å².